The van der Waals surface area contributed by atoms with E-state index in [0.29, 0.717) is 0 Å². The molecule has 0 amide bonds. The van der Waals surface area contributed by atoms with Crippen molar-refractivity contribution in [2.75, 3.05) is 13.2 Å². The summed E-state index contributed by atoms with van der Waals surface area (Å²) in [6, 6.07) is -0.461. The van der Waals surface area contributed by atoms with Gasteiger partial charge in [0.15, 0.2) is 0 Å². The van der Waals surface area contributed by atoms with E-state index in [1.165, 1.54) is 44.9 Å². The molecule has 6 heteroatoms. The lowest BCUT2D eigenvalue weighted by molar-refractivity contribution is -0.143. The highest BCUT2D eigenvalue weighted by Gasteiger charge is 2.52. The van der Waals surface area contributed by atoms with Crippen LogP contribution < -0.4 is 11.1 Å². The maximum atomic E-state index is 10.6. The Morgan fingerprint density at radius 2 is 1.36 bits per heavy atom. The lowest BCUT2D eigenvalue weighted by Crippen LogP contribution is -2.77. The van der Waals surface area contributed by atoms with Crippen LogP contribution in [0.2, 0.25) is 0 Å². The average molecular weight is 359 g/mol. The average Bonchev–Trinajstić information content (AvgIpc) is 2.60. The molecule has 0 aromatic rings. The molecule has 148 valence electrons. The maximum absolute atomic E-state index is 10.6. The fraction of sp³-hybridized carbons (Fsp3) is 1.00. The zero-order valence-electron chi connectivity index (χ0n) is 15.4. The second-order valence-electron chi connectivity index (χ2n) is 8.13. The van der Waals surface area contributed by atoms with Crippen molar-refractivity contribution in [3.8, 4) is 0 Å². The van der Waals surface area contributed by atoms with Crippen LogP contribution in [0.5, 0.6) is 0 Å². The summed E-state index contributed by atoms with van der Waals surface area (Å²) in [7, 11) is 0. The van der Waals surface area contributed by atoms with Crippen LogP contribution in [-0.2, 0) is 0 Å². The third-order valence-electron chi connectivity index (χ3n) is 6.40. The molecule has 1 aliphatic heterocycles. The number of nitrogens with one attached hydrogen (secondary N) is 1. The Morgan fingerprint density at radius 3 is 1.84 bits per heavy atom. The number of β-amino-alcohol motifs (C(OH)–C–C–N with tert-alkyl or cyclic N) is 1. The molecule has 0 radical (unpaired) electrons. The number of piperidine rings is 1. The molecule has 7 N–H and O–H groups in total. The van der Waals surface area contributed by atoms with Gasteiger partial charge in [-0.3, -0.25) is 0 Å². The summed E-state index contributed by atoms with van der Waals surface area (Å²) >= 11 is 0. The van der Waals surface area contributed by atoms with E-state index in [9.17, 15) is 20.4 Å². The van der Waals surface area contributed by atoms with Gasteiger partial charge in [-0.2, -0.15) is 0 Å². The minimum absolute atomic E-state index is 0.124. The van der Waals surface area contributed by atoms with Crippen LogP contribution in [0.3, 0.4) is 0 Å². The first-order valence-electron chi connectivity index (χ1n) is 10.2. The van der Waals surface area contributed by atoms with E-state index in [-0.39, 0.29) is 19.1 Å². The summed E-state index contributed by atoms with van der Waals surface area (Å²) in [4.78, 5) is 0. The van der Waals surface area contributed by atoms with E-state index in [1.54, 1.807) is 0 Å². The van der Waals surface area contributed by atoms with Gasteiger partial charge in [-0.15, -0.1) is 0 Å². The molecule has 2 rings (SSSR count). The molecule has 1 saturated heterocycles. The van der Waals surface area contributed by atoms with Gasteiger partial charge in [0.05, 0.1) is 18.2 Å². The zero-order valence-corrected chi connectivity index (χ0v) is 15.4. The van der Waals surface area contributed by atoms with E-state index >= 15 is 0 Å². The summed E-state index contributed by atoms with van der Waals surface area (Å²) in [5.74, 6) is 0.191. The van der Waals surface area contributed by atoms with Crippen molar-refractivity contribution in [2.45, 2.75) is 101 Å². The largest absolute Gasteiger partial charge is 0.394 e. The third kappa shape index (κ3) is 5.15. The van der Waals surface area contributed by atoms with Crippen LogP contribution >= 0.6 is 0 Å². The van der Waals surface area contributed by atoms with Gasteiger partial charge in [0.2, 0.25) is 0 Å². The van der Waals surface area contributed by atoms with Gasteiger partial charge in [-0.05, 0) is 18.8 Å². The normalized spacial score (nSPS) is 38.5. The van der Waals surface area contributed by atoms with Gasteiger partial charge >= 0.3 is 0 Å². The van der Waals surface area contributed by atoms with Crippen molar-refractivity contribution in [1.82, 2.24) is 5.32 Å². The van der Waals surface area contributed by atoms with Crippen LogP contribution in [0.4, 0.5) is 0 Å². The number of hydrogen-bond donors (Lipinski definition) is 6. The van der Waals surface area contributed by atoms with Gasteiger partial charge in [-0.25, -0.2) is 0 Å². The Morgan fingerprint density at radius 1 is 0.880 bits per heavy atom. The molecule has 0 spiro atoms. The molecule has 0 bridgehead atoms. The van der Waals surface area contributed by atoms with E-state index in [0.717, 1.165) is 25.7 Å². The highest BCUT2D eigenvalue weighted by Crippen LogP contribution is 2.32. The Hall–Kier alpha value is -0.240. The molecule has 1 saturated carbocycles. The van der Waals surface area contributed by atoms with E-state index in [1.807, 2.05) is 0 Å². The van der Waals surface area contributed by atoms with Crippen LogP contribution in [0, 0.1) is 5.92 Å². The van der Waals surface area contributed by atoms with E-state index in [4.69, 9.17) is 5.73 Å². The van der Waals surface area contributed by atoms with Gasteiger partial charge in [0.25, 0.3) is 0 Å². The molecular weight excluding hydrogens is 320 g/mol. The van der Waals surface area contributed by atoms with Crippen molar-refractivity contribution in [2.24, 2.45) is 11.7 Å². The molecule has 25 heavy (non-hydrogen) atoms. The molecule has 0 aromatic carbocycles. The standard InChI is InChI=1S/C19H38N2O4/c20-17(19(13-22)18(25)16(24)15(23)12-21-19)14-10-8-6-4-2-1-3-5-7-9-11-14/h14-18,21-25H,1-13,20H2. The van der Waals surface area contributed by atoms with Crippen molar-refractivity contribution in [3.63, 3.8) is 0 Å². The minimum atomic E-state index is -1.29. The predicted molar refractivity (Wildman–Crippen MR) is 98.1 cm³/mol. The topological polar surface area (TPSA) is 119 Å². The number of rotatable bonds is 3. The van der Waals surface area contributed by atoms with Gasteiger partial charge in [0.1, 0.15) is 12.2 Å². The highest BCUT2D eigenvalue weighted by atomic mass is 16.4. The molecule has 5 atom stereocenters. The Kier molecular flexibility index (Phi) is 8.58. The second-order valence-corrected chi connectivity index (χ2v) is 8.13. The number of hydrogen-bond acceptors (Lipinski definition) is 6. The minimum Gasteiger partial charge on any atom is -0.394 e. The van der Waals surface area contributed by atoms with Gasteiger partial charge < -0.3 is 31.5 Å². The number of nitrogens with two attached hydrogens (primary N) is 1. The fourth-order valence-electron chi connectivity index (χ4n) is 4.58. The molecule has 1 aliphatic carbocycles. The number of aliphatic hydroxyl groups is 4. The summed E-state index contributed by atoms with van der Waals surface area (Å²) in [6.07, 6.45) is 9.46. The summed E-state index contributed by atoms with van der Waals surface area (Å²) < 4.78 is 0. The summed E-state index contributed by atoms with van der Waals surface area (Å²) in [5, 5.41) is 43.5. The second kappa shape index (κ2) is 10.2. The highest BCUT2D eigenvalue weighted by molar-refractivity contribution is 5.11. The molecule has 2 fully saturated rings. The van der Waals surface area contributed by atoms with Crippen molar-refractivity contribution in [1.29, 1.82) is 0 Å². The summed E-state index contributed by atoms with van der Waals surface area (Å²) in [5.41, 5.74) is 5.42. The van der Waals surface area contributed by atoms with Crippen LogP contribution in [0.15, 0.2) is 0 Å². The lowest BCUT2D eigenvalue weighted by Gasteiger charge is -2.50. The maximum Gasteiger partial charge on any atom is 0.109 e. The fourth-order valence-corrected chi connectivity index (χ4v) is 4.58. The smallest absolute Gasteiger partial charge is 0.109 e. The molecule has 2 aliphatic rings. The number of aliphatic hydroxyl groups excluding tert-OH is 4. The monoisotopic (exact) mass is 358 g/mol. The van der Waals surface area contributed by atoms with Gasteiger partial charge in [-0.1, -0.05) is 57.8 Å². The molecule has 0 aromatic heterocycles. The first-order chi connectivity index (χ1) is 12.0. The predicted octanol–water partition coefficient (Wildman–Crippen LogP) is 0.652. The zero-order chi connectivity index (χ0) is 18.3. The third-order valence-corrected chi connectivity index (χ3v) is 6.40. The first-order valence-corrected chi connectivity index (χ1v) is 10.2. The lowest BCUT2D eigenvalue weighted by atomic mass is 9.71. The molecule has 6 nitrogen and oxygen atoms in total. The van der Waals surface area contributed by atoms with E-state index in [2.05, 4.69) is 5.32 Å². The SMILES string of the molecule is NC(C1CCCCCCCCCCC1)C1(CO)NCC(O)C(O)C1O. The van der Waals surface area contributed by atoms with Gasteiger partial charge in [0, 0.05) is 12.6 Å². The molecule has 5 unspecified atom stereocenters. The van der Waals surface area contributed by atoms with Crippen LogP contribution in [0.25, 0.3) is 0 Å². The molecular formula is C19H38N2O4. The van der Waals surface area contributed by atoms with Crippen molar-refractivity contribution in [3.05, 3.63) is 0 Å². The van der Waals surface area contributed by atoms with Crippen molar-refractivity contribution >= 4 is 0 Å². The quantitative estimate of drug-likeness (QED) is 0.441. The van der Waals surface area contributed by atoms with Crippen molar-refractivity contribution < 1.29 is 20.4 Å². The Bertz CT molecular complexity index is 372. The molecule has 1 heterocycles. The van der Waals surface area contributed by atoms with E-state index < -0.39 is 29.9 Å². The first kappa shape index (κ1) is 21.1. The Labute approximate surface area is 151 Å². The van der Waals surface area contributed by atoms with Crippen LogP contribution in [-0.4, -0.2) is 63.5 Å². The van der Waals surface area contributed by atoms with Crippen LogP contribution in [0.1, 0.15) is 70.6 Å². The Balaban J connectivity index is 2.07. The summed E-state index contributed by atoms with van der Waals surface area (Å²) in [6.45, 7) is -0.227.